The third-order valence-corrected chi connectivity index (χ3v) is 4.76. The van der Waals surface area contributed by atoms with Crippen molar-refractivity contribution in [2.24, 2.45) is 0 Å². The minimum atomic E-state index is -0.00739. The van der Waals surface area contributed by atoms with E-state index >= 15 is 0 Å². The number of carbonyl (C=O) groups is 1. The topological polar surface area (TPSA) is 68.5 Å². The lowest BCUT2D eigenvalue weighted by molar-refractivity contribution is -0.116. The third-order valence-electron chi connectivity index (χ3n) is 3.96. The first-order valence-corrected chi connectivity index (χ1v) is 10.1. The quantitative estimate of drug-likeness (QED) is 0.515. The van der Waals surface area contributed by atoms with Crippen molar-refractivity contribution in [3.8, 4) is 17.2 Å². The van der Waals surface area contributed by atoms with E-state index in [-0.39, 0.29) is 17.7 Å². The van der Waals surface area contributed by atoms with Crippen molar-refractivity contribution in [1.82, 2.24) is 10.2 Å². The van der Waals surface area contributed by atoms with Crippen molar-refractivity contribution in [3.05, 3.63) is 54.6 Å². The molecule has 0 aliphatic carbocycles. The van der Waals surface area contributed by atoms with Crippen LogP contribution in [0.1, 0.15) is 20.8 Å². The fourth-order valence-electron chi connectivity index (χ4n) is 2.76. The molecule has 2 aromatic carbocycles. The Labute approximate surface area is 168 Å². The molecule has 6 nitrogen and oxygen atoms in total. The van der Waals surface area contributed by atoms with Crippen LogP contribution in [0.25, 0.3) is 11.5 Å². The molecular weight excluding hydrogens is 374 g/mol. The van der Waals surface area contributed by atoms with Gasteiger partial charge in [0.05, 0.1) is 12.4 Å². The summed E-state index contributed by atoms with van der Waals surface area (Å²) in [4.78, 5) is 14.5. The van der Waals surface area contributed by atoms with Gasteiger partial charge in [-0.05, 0) is 57.2 Å². The number of anilines is 1. The van der Waals surface area contributed by atoms with E-state index in [1.807, 2.05) is 75.4 Å². The van der Waals surface area contributed by atoms with Crippen molar-refractivity contribution in [2.45, 2.75) is 32.0 Å². The first-order valence-electron chi connectivity index (χ1n) is 9.15. The van der Waals surface area contributed by atoms with E-state index in [9.17, 15) is 4.79 Å². The molecule has 7 heteroatoms. The second-order valence-electron chi connectivity index (χ2n) is 6.31. The van der Waals surface area contributed by atoms with Gasteiger partial charge in [0, 0.05) is 17.3 Å². The van der Waals surface area contributed by atoms with E-state index in [1.165, 1.54) is 11.8 Å². The summed E-state index contributed by atoms with van der Waals surface area (Å²) in [6.07, 6.45) is 0. The number of thioether (sulfide) groups is 1. The van der Waals surface area contributed by atoms with Crippen LogP contribution in [-0.4, -0.2) is 34.5 Å². The number of carbonyl (C=O) groups excluding carboxylic acids is 1. The van der Waals surface area contributed by atoms with Gasteiger partial charge >= 0.3 is 0 Å². The number of nitrogens with zero attached hydrogens (tertiary/aromatic N) is 3. The lowest BCUT2D eigenvalue weighted by Gasteiger charge is -2.26. The van der Waals surface area contributed by atoms with E-state index < -0.39 is 0 Å². The normalized spacial score (nSPS) is 10.9. The summed E-state index contributed by atoms with van der Waals surface area (Å²) >= 11 is 1.24. The number of hydrogen-bond acceptors (Lipinski definition) is 6. The summed E-state index contributed by atoms with van der Waals surface area (Å²) in [6.45, 7) is 6.54. The van der Waals surface area contributed by atoms with Gasteiger partial charge in [0.15, 0.2) is 0 Å². The maximum Gasteiger partial charge on any atom is 0.277 e. The van der Waals surface area contributed by atoms with E-state index in [0.717, 1.165) is 17.0 Å². The second kappa shape index (κ2) is 9.41. The number of hydrogen-bond donors (Lipinski definition) is 0. The Hall–Kier alpha value is -2.80. The van der Waals surface area contributed by atoms with Crippen LogP contribution in [0.2, 0.25) is 0 Å². The Bertz CT molecular complexity index is 895. The van der Waals surface area contributed by atoms with Crippen LogP contribution in [0, 0.1) is 0 Å². The van der Waals surface area contributed by atoms with Crippen LogP contribution in [0.3, 0.4) is 0 Å². The molecule has 1 amide bonds. The zero-order valence-corrected chi connectivity index (χ0v) is 17.0. The van der Waals surface area contributed by atoms with Crippen molar-refractivity contribution in [2.75, 3.05) is 17.3 Å². The highest BCUT2D eigenvalue weighted by atomic mass is 32.2. The number of ether oxygens (including phenoxy) is 1. The Morgan fingerprint density at radius 2 is 1.82 bits per heavy atom. The summed E-state index contributed by atoms with van der Waals surface area (Å²) in [5.41, 5.74) is 1.69. The molecule has 0 saturated heterocycles. The second-order valence-corrected chi connectivity index (χ2v) is 7.24. The van der Waals surface area contributed by atoms with Crippen LogP contribution >= 0.6 is 11.8 Å². The predicted octanol–water partition coefficient (Wildman–Crippen LogP) is 4.67. The molecule has 1 heterocycles. The van der Waals surface area contributed by atoms with E-state index in [4.69, 9.17) is 9.15 Å². The number of rotatable bonds is 8. The van der Waals surface area contributed by atoms with Crippen molar-refractivity contribution >= 4 is 23.4 Å². The number of benzene rings is 2. The predicted molar refractivity (Wildman–Crippen MR) is 111 cm³/mol. The van der Waals surface area contributed by atoms with Crippen LogP contribution in [0.5, 0.6) is 5.75 Å². The molecule has 0 unspecified atom stereocenters. The van der Waals surface area contributed by atoms with Gasteiger partial charge < -0.3 is 14.1 Å². The Balaban J connectivity index is 1.64. The van der Waals surface area contributed by atoms with E-state index in [0.29, 0.717) is 17.7 Å². The molecule has 0 spiro atoms. The first-order chi connectivity index (χ1) is 13.6. The highest BCUT2D eigenvalue weighted by Crippen LogP contribution is 2.26. The third kappa shape index (κ3) is 4.92. The molecule has 28 heavy (non-hydrogen) atoms. The van der Waals surface area contributed by atoms with Gasteiger partial charge in [-0.2, -0.15) is 0 Å². The Kier molecular flexibility index (Phi) is 6.71. The maximum atomic E-state index is 12.7. The van der Waals surface area contributed by atoms with Gasteiger partial charge in [-0.3, -0.25) is 4.79 Å². The molecule has 0 saturated carbocycles. The maximum absolute atomic E-state index is 12.7. The zero-order chi connectivity index (χ0) is 19.9. The summed E-state index contributed by atoms with van der Waals surface area (Å²) in [6, 6.07) is 17.2. The molecule has 0 N–H and O–H groups in total. The highest BCUT2D eigenvalue weighted by molar-refractivity contribution is 7.99. The molecule has 0 radical (unpaired) electrons. The monoisotopic (exact) mass is 397 g/mol. The van der Waals surface area contributed by atoms with E-state index in [2.05, 4.69) is 10.2 Å². The zero-order valence-electron chi connectivity index (χ0n) is 16.2. The van der Waals surface area contributed by atoms with Gasteiger partial charge in [-0.1, -0.05) is 30.0 Å². The minimum Gasteiger partial charge on any atom is -0.494 e. The smallest absolute Gasteiger partial charge is 0.277 e. The van der Waals surface area contributed by atoms with Gasteiger partial charge in [-0.25, -0.2) is 0 Å². The average Bonchev–Trinajstić information content (AvgIpc) is 3.17. The number of aromatic nitrogens is 2. The van der Waals surface area contributed by atoms with Crippen molar-refractivity contribution in [3.63, 3.8) is 0 Å². The summed E-state index contributed by atoms with van der Waals surface area (Å²) in [7, 11) is 0. The molecule has 146 valence electrons. The number of para-hydroxylation sites is 1. The summed E-state index contributed by atoms with van der Waals surface area (Å²) in [5.74, 6) is 1.42. The van der Waals surface area contributed by atoms with Crippen molar-refractivity contribution in [1.29, 1.82) is 0 Å². The molecule has 3 aromatic rings. The Morgan fingerprint density at radius 3 is 2.46 bits per heavy atom. The molecule has 0 bridgehead atoms. The molecule has 1 aromatic heterocycles. The standard InChI is InChI=1S/C21H23N3O3S/c1-4-26-18-12-10-16(11-13-18)20-22-23-21(27-20)28-14-19(25)24(15(2)3)17-8-6-5-7-9-17/h5-13,15H,4,14H2,1-3H3. The number of amides is 1. The molecule has 0 aliphatic heterocycles. The lowest BCUT2D eigenvalue weighted by Crippen LogP contribution is -2.38. The molecule has 3 rings (SSSR count). The van der Waals surface area contributed by atoms with Crippen molar-refractivity contribution < 1.29 is 13.9 Å². The van der Waals surface area contributed by atoms with Crippen LogP contribution in [-0.2, 0) is 4.79 Å². The fraction of sp³-hybridized carbons (Fsp3) is 0.286. The van der Waals surface area contributed by atoms with E-state index in [1.54, 1.807) is 4.90 Å². The average molecular weight is 398 g/mol. The summed E-state index contributed by atoms with van der Waals surface area (Å²) in [5, 5.41) is 8.49. The largest absolute Gasteiger partial charge is 0.494 e. The van der Waals surface area contributed by atoms with Gasteiger partial charge in [-0.15, -0.1) is 10.2 Å². The van der Waals surface area contributed by atoms with Crippen LogP contribution < -0.4 is 9.64 Å². The minimum absolute atomic E-state index is 0.00739. The first kappa shape index (κ1) is 19.9. The fourth-order valence-corrected chi connectivity index (χ4v) is 3.38. The van der Waals surface area contributed by atoms with Crippen LogP contribution in [0.15, 0.2) is 64.2 Å². The summed E-state index contributed by atoms with van der Waals surface area (Å²) < 4.78 is 11.1. The van der Waals surface area contributed by atoms with Crippen LogP contribution in [0.4, 0.5) is 5.69 Å². The van der Waals surface area contributed by atoms with Gasteiger partial charge in [0.2, 0.25) is 11.8 Å². The lowest BCUT2D eigenvalue weighted by atomic mass is 10.2. The van der Waals surface area contributed by atoms with Gasteiger partial charge in [0.25, 0.3) is 5.22 Å². The Morgan fingerprint density at radius 1 is 1.11 bits per heavy atom. The molecular formula is C21H23N3O3S. The molecule has 0 fully saturated rings. The molecule has 0 aliphatic rings. The SMILES string of the molecule is CCOc1ccc(-c2nnc(SCC(=O)N(c3ccccc3)C(C)C)o2)cc1. The highest BCUT2D eigenvalue weighted by Gasteiger charge is 2.20. The van der Waals surface area contributed by atoms with Gasteiger partial charge in [0.1, 0.15) is 5.75 Å². The molecule has 0 atom stereocenters.